The zero-order chi connectivity index (χ0) is 20.5. The number of phenols is 1. The minimum atomic E-state index is -0.225. The number of benzene rings is 1. The Balaban J connectivity index is 1.62. The number of carbonyl (C=O) groups is 1. The average molecular weight is 394 g/mol. The molecule has 0 radical (unpaired) electrons. The molecule has 1 saturated carbocycles. The minimum Gasteiger partial charge on any atom is -0.507 e. The minimum absolute atomic E-state index is 0.0402. The third-order valence-electron chi connectivity index (χ3n) is 5.66. The molecule has 0 unspecified atom stereocenters. The molecule has 152 valence electrons. The van der Waals surface area contributed by atoms with E-state index in [4.69, 9.17) is 4.42 Å². The molecule has 0 bridgehead atoms. The zero-order valence-corrected chi connectivity index (χ0v) is 17.1. The summed E-state index contributed by atoms with van der Waals surface area (Å²) in [6, 6.07) is 9.29. The van der Waals surface area contributed by atoms with Gasteiger partial charge in [-0.15, -0.1) is 10.2 Å². The summed E-state index contributed by atoms with van der Waals surface area (Å²) in [5, 5.41) is 19.9. The third-order valence-corrected chi connectivity index (χ3v) is 5.66. The molecule has 7 nitrogen and oxygen atoms in total. The van der Waals surface area contributed by atoms with Crippen molar-refractivity contribution in [1.82, 2.24) is 15.1 Å². The number of aromatic nitrogens is 2. The Bertz CT molecular complexity index is 1020. The van der Waals surface area contributed by atoms with Gasteiger partial charge in [0, 0.05) is 44.2 Å². The molecule has 1 aromatic carbocycles. The molecule has 2 heterocycles. The molecule has 1 fully saturated rings. The maximum atomic E-state index is 12.1. The van der Waals surface area contributed by atoms with E-state index in [1.807, 2.05) is 12.1 Å². The first-order chi connectivity index (χ1) is 13.9. The third kappa shape index (κ3) is 3.77. The molecule has 3 aromatic rings. The van der Waals surface area contributed by atoms with Gasteiger partial charge in [-0.2, -0.15) is 0 Å². The summed E-state index contributed by atoms with van der Waals surface area (Å²) in [6.07, 6.45) is 6.21. The van der Waals surface area contributed by atoms with E-state index in [1.165, 1.54) is 43.1 Å². The number of amides is 1. The van der Waals surface area contributed by atoms with Gasteiger partial charge >= 0.3 is 0 Å². The molecular formula is C22H26N4O3. The van der Waals surface area contributed by atoms with Gasteiger partial charge in [0.15, 0.2) is 11.6 Å². The van der Waals surface area contributed by atoms with Gasteiger partial charge in [-0.3, -0.25) is 4.79 Å². The molecule has 0 aliphatic heterocycles. The van der Waals surface area contributed by atoms with Crippen LogP contribution >= 0.6 is 0 Å². The first kappa shape index (κ1) is 19.2. The van der Waals surface area contributed by atoms with Crippen LogP contribution in [-0.4, -0.2) is 53.3 Å². The van der Waals surface area contributed by atoms with Gasteiger partial charge in [0.25, 0.3) is 5.91 Å². The molecule has 7 heteroatoms. The van der Waals surface area contributed by atoms with Crippen LogP contribution in [0, 0.1) is 0 Å². The lowest BCUT2D eigenvalue weighted by atomic mass is 9.94. The van der Waals surface area contributed by atoms with Crippen LogP contribution in [0.3, 0.4) is 0 Å². The predicted molar refractivity (Wildman–Crippen MR) is 112 cm³/mol. The fraction of sp³-hybridized carbons (Fsp3) is 0.409. The number of anilines is 1. The quantitative estimate of drug-likeness (QED) is 0.718. The molecule has 4 rings (SSSR count). The van der Waals surface area contributed by atoms with Crippen LogP contribution < -0.4 is 4.90 Å². The van der Waals surface area contributed by atoms with Crippen molar-refractivity contribution in [3.05, 3.63) is 36.1 Å². The molecule has 0 spiro atoms. The molecular weight excluding hydrogens is 368 g/mol. The second kappa shape index (κ2) is 7.73. The first-order valence-corrected chi connectivity index (χ1v) is 9.99. The monoisotopic (exact) mass is 394 g/mol. The Morgan fingerprint density at radius 2 is 1.83 bits per heavy atom. The topological polar surface area (TPSA) is 82.7 Å². The highest BCUT2D eigenvalue weighted by molar-refractivity contribution is 5.97. The van der Waals surface area contributed by atoms with Crippen LogP contribution in [0.2, 0.25) is 0 Å². The van der Waals surface area contributed by atoms with Crippen molar-refractivity contribution in [2.24, 2.45) is 0 Å². The van der Waals surface area contributed by atoms with Crippen molar-refractivity contribution in [3.63, 3.8) is 0 Å². The van der Waals surface area contributed by atoms with Crippen molar-refractivity contribution in [2.75, 3.05) is 26.0 Å². The van der Waals surface area contributed by atoms with E-state index in [2.05, 4.69) is 22.1 Å². The molecule has 2 aromatic heterocycles. The Kier molecular flexibility index (Phi) is 5.13. The van der Waals surface area contributed by atoms with Gasteiger partial charge in [-0.1, -0.05) is 19.3 Å². The highest BCUT2D eigenvalue weighted by Gasteiger charge is 2.20. The first-order valence-electron chi connectivity index (χ1n) is 9.99. The lowest BCUT2D eigenvalue weighted by Crippen LogP contribution is -2.34. The van der Waals surface area contributed by atoms with Gasteiger partial charge in [-0.25, -0.2) is 0 Å². The number of phenolic OH excluding ortho intramolecular Hbond substituents is 1. The van der Waals surface area contributed by atoms with E-state index < -0.39 is 0 Å². The lowest BCUT2D eigenvalue weighted by Gasteiger charge is -2.31. The van der Waals surface area contributed by atoms with E-state index >= 15 is 0 Å². The second-order valence-electron chi connectivity index (χ2n) is 7.90. The fourth-order valence-corrected chi connectivity index (χ4v) is 3.92. The van der Waals surface area contributed by atoms with Gasteiger partial charge in [0.1, 0.15) is 11.3 Å². The summed E-state index contributed by atoms with van der Waals surface area (Å²) in [5.74, 6) is 0.885. The van der Waals surface area contributed by atoms with Crippen molar-refractivity contribution < 1.29 is 14.3 Å². The Labute approximate surface area is 169 Å². The molecule has 1 aliphatic rings. The fourth-order valence-electron chi connectivity index (χ4n) is 3.92. The second-order valence-corrected chi connectivity index (χ2v) is 7.90. The SMILES string of the molecule is CN(C)C(=O)c1cc2cc(-c3ccc(N(C)C4CCCCC4)nn3)c(O)cc2o1. The van der Waals surface area contributed by atoms with Crippen molar-refractivity contribution in [1.29, 1.82) is 0 Å². The van der Waals surface area contributed by atoms with Crippen LogP contribution in [0.15, 0.2) is 34.7 Å². The molecule has 0 atom stereocenters. The lowest BCUT2D eigenvalue weighted by molar-refractivity contribution is 0.0799. The number of fused-ring (bicyclic) bond motifs is 1. The number of carbonyl (C=O) groups excluding carboxylic acids is 1. The number of aromatic hydroxyl groups is 1. The zero-order valence-electron chi connectivity index (χ0n) is 17.1. The van der Waals surface area contributed by atoms with E-state index in [0.717, 1.165) is 11.2 Å². The van der Waals surface area contributed by atoms with Crippen LogP contribution in [0.1, 0.15) is 42.7 Å². The molecule has 29 heavy (non-hydrogen) atoms. The number of hydrogen-bond donors (Lipinski definition) is 1. The molecule has 1 amide bonds. The van der Waals surface area contributed by atoms with Gasteiger partial charge in [0.05, 0.1) is 5.69 Å². The maximum absolute atomic E-state index is 12.1. The smallest absolute Gasteiger partial charge is 0.289 e. The van der Waals surface area contributed by atoms with Gasteiger partial charge in [0.2, 0.25) is 0 Å². The largest absolute Gasteiger partial charge is 0.507 e. The normalized spacial score (nSPS) is 14.9. The van der Waals surface area contributed by atoms with Crippen LogP contribution in [0.25, 0.3) is 22.2 Å². The number of furan rings is 1. The standard InChI is InChI=1S/C22H26N4O3/c1-25(2)22(28)20-12-14-11-16(18(27)13-19(14)29-20)17-9-10-21(24-23-17)26(3)15-7-5-4-6-8-15/h9-13,15,27H,4-8H2,1-3H3. The van der Waals surface area contributed by atoms with Gasteiger partial charge in [-0.05, 0) is 37.1 Å². The highest BCUT2D eigenvalue weighted by atomic mass is 16.3. The number of rotatable bonds is 4. The summed E-state index contributed by atoms with van der Waals surface area (Å²) in [5.41, 5.74) is 1.59. The van der Waals surface area contributed by atoms with E-state index in [0.29, 0.717) is 22.9 Å². The Morgan fingerprint density at radius 3 is 2.48 bits per heavy atom. The van der Waals surface area contributed by atoms with Crippen LogP contribution in [0.5, 0.6) is 5.75 Å². The summed E-state index contributed by atoms with van der Waals surface area (Å²) < 4.78 is 5.59. The van der Waals surface area contributed by atoms with E-state index in [-0.39, 0.29) is 17.4 Å². The highest BCUT2D eigenvalue weighted by Crippen LogP contribution is 2.34. The number of nitrogens with zero attached hydrogens (tertiary/aromatic N) is 4. The van der Waals surface area contributed by atoms with Crippen molar-refractivity contribution in [3.8, 4) is 17.0 Å². The predicted octanol–water partition coefficient (Wildman–Crippen LogP) is 4.07. The Morgan fingerprint density at radius 1 is 1.07 bits per heavy atom. The molecule has 1 N–H and O–H groups in total. The van der Waals surface area contributed by atoms with Crippen molar-refractivity contribution >= 4 is 22.7 Å². The summed E-state index contributed by atoms with van der Waals surface area (Å²) in [6.45, 7) is 0. The summed E-state index contributed by atoms with van der Waals surface area (Å²) >= 11 is 0. The van der Waals surface area contributed by atoms with Crippen LogP contribution in [-0.2, 0) is 0 Å². The molecule has 1 aliphatic carbocycles. The van der Waals surface area contributed by atoms with E-state index in [9.17, 15) is 9.90 Å². The van der Waals surface area contributed by atoms with Crippen LogP contribution in [0.4, 0.5) is 5.82 Å². The van der Waals surface area contributed by atoms with E-state index in [1.54, 1.807) is 26.2 Å². The Hall–Kier alpha value is -3.09. The number of hydrogen-bond acceptors (Lipinski definition) is 6. The van der Waals surface area contributed by atoms with Crippen molar-refractivity contribution in [2.45, 2.75) is 38.1 Å². The summed E-state index contributed by atoms with van der Waals surface area (Å²) in [4.78, 5) is 15.8. The average Bonchev–Trinajstić information content (AvgIpc) is 3.15. The molecule has 0 saturated heterocycles. The maximum Gasteiger partial charge on any atom is 0.289 e. The summed E-state index contributed by atoms with van der Waals surface area (Å²) in [7, 11) is 5.40. The van der Waals surface area contributed by atoms with Gasteiger partial charge < -0.3 is 19.3 Å².